The molecule has 0 aliphatic rings. The highest BCUT2D eigenvalue weighted by Crippen LogP contribution is 2.36. The summed E-state index contributed by atoms with van der Waals surface area (Å²) in [5, 5.41) is 0. The van der Waals surface area contributed by atoms with Gasteiger partial charge in [-0.1, -0.05) is 33.6 Å². The summed E-state index contributed by atoms with van der Waals surface area (Å²) in [7, 11) is 0. The highest BCUT2D eigenvalue weighted by molar-refractivity contribution is 5.77. The van der Waals surface area contributed by atoms with Gasteiger partial charge >= 0.3 is 5.97 Å². The number of hydrogen-bond donors (Lipinski definition) is 1. The summed E-state index contributed by atoms with van der Waals surface area (Å²) in [4.78, 5) is 12.0. The van der Waals surface area contributed by atoms with Crippen LogP contribution in [0.4, 0.5) is 0 Å². The maximum Gasteiger partial charge on any atom is 0.313 e. The Morgan fingerprint density at radius 2 is 1.80 bits per heavy atom. The van der Waals surface area contributed by atoms with Crippen LogP contribution < -0.4 is 5.73 Å². The van der Waals surface area contributed by atoms with Gasteiger partial charge in [0.25, 0.3) is 0 Å². The minimum atomic E-state index is -0.473. The van der Waals surface area contributed by atoms with Crippen LogP contribution in [0.2, 0.25) is 0 Å². The molecule has 3 nitrogen and oxygen atoms in total. The number of nitrogens with two attached hydrogens (primary N) is 1. The second-order valence-electron chi connectivity index (χ2n) is 3.95. The molecule has 0 saturated heterocycles. The van der Waals surface area contributed by atoms with E-state index in [-0.39, 0.29) is 5.97 Å². The van der Waals surface area contributed by atoms with E-state index in [1.165, 1.54) is 0 Å². The number of esters is 1. The molecule has 0 bridgehead atoms. The lowest BCUT2D eigenvalue weighted by molar-refractivity contribution is -0.159. The average molecular weight is 215 g/mol. The van der Waals surface area contributed by atoms with Gasteiger partial charge in [-0.3, -0.25) is 4.79 Å². The molecule has 0 aromatic rings. The lowest BCUT2D eigenvalue weighted by atomic mass is 9.70. The van der Waals surface area contributed by atoms with Crippen LogP contribution in [0.3, 0.4) is 0 Å². The van der Waals surface area contributed by atoms with Crippen LogP contribution in [0.1, 0.15) is 47.0 Å². The van der Waals surface area contributed by atoms with E-state index in [2.05, 4.69) is 13.8 Å². The largest absolute Gasteiger partial charge is 0.466 e. The van der Waals surface area contributed by atoms with Crippen LogP contribution in [0.15, 0.2) is 0 Å². The topological polar surface area (TPSA) is 52.3 Å². The van der Waals surface area contributed by atoms with Crippen LogP contribution >= 0.6 is 0 Å². The summed E-state index contributed by atoms with van der Waals surface area (Å²) < 4.78 is 5.15. The molecule has 0 aliphatic heterocycles. The Kier molecular flexibility index (Phi) is 6.57. The average Bonchev–Trinajstić information content (AvgIpc) is 2.26. The molecule has 0 fully saturated rings. The Balaban J connectivity index is 4.92. The number of ether oxygens (including phenoxy) is 1. The maximum atomic E-state index is 12.0. The minimum Gasteiger partial charge on any atom is -0.466 e. The van der Waals surface area contributed by atoms with Gasteiger partial charge in [-0.2, -0.15) is 0 Å². The molecule has 90 valence electrons. The molecule has 0 spiro atoms. The first kappa shape index (κ1) is 14.4. The predicted molar refractivity (Wildman–Crippen MR) is 62.5 cm³/mol. The first-order valence-electron chi connectivity index (χ1n) is 6.00. The molecule has 0 amide bonds. The van der Waals surface area contributed by atoms with E-state index in [1.54, 1.807) is 0 Å². The van der Waals surface area contributed by atoms with Crippen LogP contribution in [-0.4, -0.2) is 19.1 Å². The van der Waals surface area contributed by atoms with Gasteiger partial charge in [0.1, 0.15) is 0 Å². The first-order valence-corrected chi connectivity index (χ1v) is 6.00. The number of carbonyl (C=O) groups excluding carboxylic acids is 1. The van der Waals surface area contributed by atoms with Crippen molar-refractivity contribution >= 4 is 5.97 Å². The Morgan fingerprint density at radius 1 is 1.27 bits per heavy atom. The quantitative estimate of drug-likeness (QED) is 0.663. The highest BCUT2D eigenvalue weighted by Gasteiger charge is 2.42. The summed E-state index contributed by atoms with van der Waals surface area (Å²) in [6.07, 6.45) is 2.70. The number of rotatable bonds is 7. The summed E-state index contributed by atoms with van der Waals surface area (Å²) in [5.74, 6) is 0.204. The summed E-state index contributed by atoms with van der Waals surface area (Å²) >= 11 is 0. The summed E-state index contributed by atoms with van der Waals surface area (Å²) in [5.41, 5.74) is 5.33. The molecule has 1 unspecified atom stereocenters. The second-order valence-corrected chi connectivity index (χ2v) is 3.95. The van der Waals surface area contributed by atoms with Crippen molar-refractivity contribution in [1.82, 2.24) is 0 Å². The van der Waals surface area contributed by atoms with Crippen molar-refractivity contribution in [2.24, 2.45) is 17.1 Å². The molecule has 1 atom stereocenters. The standard InChI is InChI=1S/C12H25NO2/c1-5-10(6-2)12(7-3,9-13)11(14)15-8-4/h10H,5-9,13H2,1-4H3. The SMILES string of the molecule is CCOC(=O)C(CC)(CN)C(CC)CC. The Hall–Kier alpha value is -0.570. The first-order chi connectivity index (χ1) is 7.12. The third-order valence-electron chi connectivity index (χ3n) is 3.44. The lowest BCUT2D eigenvalue weighted by Crippen LogP contribution is -2.45. The van der Waals surface area contributed by atoms with Gasteiger partial charge in [-0.05, 0) is 19.3 Å². The van der Waals surface area contributed by atoms with Crippen molar-refractivity contribution < 1.29 is 9.53 Å². The van der Waals surface area contributed by atoms with E-state index in [0.29, 0.717) is 19.1 Å². The Morgan fingerprint density at radius 3 is 2.07 bits per heavy atom. The van der Waals surface area contributed by atoms with Crippen molar-refractivity contribution in [3.05, 3.63) is 0 Å². The third-order valence-corrected chi connectivity index (χ3v) is 3.44. The van der Waals surface area contributed by atoms with Gasteiger partial charge in [0.05, 0.1) is 12.0 Å². The normalized spacial score (nSPS) is 15.1. The third kappa shape index (κ3) is 2.94. The molecule has 0 aromatic heterocycles. The van der Waals surface area contributed by atoms with Crippen LogP contribution in [0.25, 0.3) is 0 Å². The molecule has 0 heterocycles. The van der Waals surface area contributed by atoms with Crippen LogP contribution in [0, 0.1) is 11.3 Å². The van der Waals surface area contributed by atoms with Crippen molar-refractivity contribution in [2.45, 2.75) is 47.0 Å². The molecule has 0 radical (unpaired) electrons. The van der Waals surface area contributed by atoms with E-state index in [1.807, 2.05) is 13.8 Å². The predicted octanol–water partition coefficient (Wildman–Crippen LogP) is 2.34. The van der Waals surface area contributed by atoms with Crippen LogP contribution in [-0.2, 0) is 9.53 Å². The fraction of sp³-hybridized carbons (Fsp3) is 0.917. The fourth-order valence-electron chi connectivity index (χ4n) is 2.34. The monoisotopic (exact) mass is 215 g/mol. The summed E-state index contributed by atoms with van der Waals surface area (Å²) in [6.45, 7) is 8.88. The van der Waals surface area contributed by atoms with Gasteiger partial charge in [0.2, 0.25) is 0 Å². The zero-order valence-electron chi connectivity index (χ0n) is 10.5. The lowest BCUT2D eigenvalue weighted by Gasteiger charge is -2.36. The van der Waals surface area contributed by atoms with Gasteiger partial charge in [0.15, 0.2) is 0 Å². The van der Waals surface area contributed by atoms with E-state index in [0.717, 1.165) is 19.3 Å². The fourth-order valence-corrected chi connectivity index (χ4v) is 2.34. The second kappa shape index (κ2) is 6.83. The van der Waals surface area contributed by atoms with Crippen molar-refractivity contribution in [2.75, 3.05) is 13.2 Å². The van der Waals surface area contributed by atoms with Gasteiger partial charge in [-0.15, -0.1) is 0 Å². The van der Waals surface area contributed by atoms with E-state index < -0.39 is 5.41 Å². The van der Waals surface area contributed by atoms with E-state index >= 15 is 0 Å². The highest BCUT2D eigenvalue weighted by atomic mass is 16.5. The molecule has 15 heavy (non-hydrogen) atoms. The van der Waals surface area contributed by atoms with Gasteiger partial charge < -0.3 is 10.5 Å². The maximum absolute atomic E-state index is 12.0. The Bertz CT molecular complexity index is 184. The summed E-state index contributed by atoms with van der Waals surface area (Å²) in [6, 6.07) is 0. The van der Waals surface area contributed by atoms with Crippen molar-refractivity contribution in [1.29, 1.82) is 0 Å². The number of hydrogen-bond acceptors (Lipinski definition) is 3. The van der Waals surface area contributed by atoms with Crippen molar-refractivity contribution in [3.8, 4) is 0 Å². The van der Waals surface area contributed by atoms with Crippen LogP contribution in [0.5, 0.6) is 0 Å². The Labute approximate surface area is 93.4 Å². The zero-order valence-corrected chi connectivity index (χ0v) is 10.5. The van der Waals surface area contributed by atoms with E-state index in [9.17, 15) is 4.79 Å². The molecule has 0 aliphatic carbocycles. The molecule has 0 aromatic carbocycles. The molecule has 3 heteroatoms. The molecule has 2 N–H and O–H groups in total. The zero-order chi connectivity index (χ0) is 11.9. The number of carbonyl (C=O) groups is 1. The minimum absolute atomic E-state index is 0.122. The van der Waals surface area contributed by atoms with Gasteiger partial charge in [0, 0.05) is 6.54 Å². The van der Waals surface area contributed by atoms with Gasteiger partial charge in [-0.25, -0.2) is 0 Å². The van der Waals surface area contributed by atoms with Crippen molar-refractivity contribution in [3.63, 3.8) is 0 Å². The van der Waals surface area contributed by atoms with E-state index in [4.69, 9.17) is 10.5 Å². The smallest absolute Gasteiger partial charge is 0.313 e. The molecule has 0 rings (SSSR count). The molecule has 0 saturated carbocycles. The molecular formula is C12H25NO2. The molecular weight excluding hydrogens is 190 g/mol.